The second kappa shape index (κ2) is 1.72. The van der Waals surface area contributed by atoms with Crippen molar-refractivity contribution in [3.8, 4) is 0 Å². The van der Waals surface area contributed by atoms with Crippen molar-refractivity contribution >= 4 is 11.8 Å². The van der Waals surface area contributed by atoms with E-state index in [9.17, 15) is 9.59 Å². The Balaban J connectivity index is 2.45. The topological polar surface area (TPSA) is 43.4 Å². The van der Waals surface area contributed by atoms with Crippen molar-refractivity contribution in [1.29, 1.82) is 0 Å². The second-order valence-corrected chi connectivity index (χ2v) is 3.25. The lowest BCUT2D eigenvalue weighted by Crippen LogP contribution is -2.24. The average molecular weight is 152 g/mol. The van der Waals surface area contributed by atoms with E-state index in [4.69, 9.17) is 4.74 Å². The monoisotopic (exact) mass is 152 g/mol. The van der Waals surface area contributed by atoms with Crippen molar-refractivity contribution in [1.82, 2.24) is 0 Å². The Morgan fingerprint density at radius 3 is 3.00 bits per heavy atom. The van der Waals surface area contributed by atoms with E-state index < -0.39 is 11.5 Å². The first-order valence-electron chi connectivity index (χ1n) is 3.56. The standard InChI is InChI=1S/C8H8O3/c1-8-3-2-5(9)6(4-8)11-7(8)10/h2-3,6H,4H2,1H3. The molecule has 1 aliphatic carbocycles. The highest BCUT2D eigenvalue weighted by molar-refractivity contribution is 6.01. The zero-order chi connectivity index (χ0) is 8.06. The highest BCUT2D eigenvalue weighted by atomic mass is 16.6. The molecule has 2 bridgehead atoms. The second-order valence-electron chi connectivity index (χ2n) is 3.25. The Hall–Kier alpha value is -1.12. The van der Waals surface area contributed by atoms with Gasteiger partial charge in [0.1, 0.15) is 0 Å². The van der Waals surface area contributed by atoms with Crippen LogP contribution in [0.3, 0.4) is 0 Å². The van der Waals surface area contributed by atoms with E-state index in [1.807, 2.05) is 0 Å². The number of fused-ring (bicyclic) bond motifs is 2. The molecule has 0 aromatic heterocycles. The molecule has 3 heteroatoms. The minimum absolute atomic E-state index is 0.0895. The zero-order valence-corrected chi connectivity index (χ0v) is 6.16. The number of esters is 1. The quantitative estimate of drug-likeness (QED) is 0.473. The predicted octanol–water partition coefficient (Wildman–Crippen LogP) is 0.447. The summed E-state index contributed by atoms with van der Waals surface area (Å²) in [6, 6.07) is 0. The first-order valence-corrected chi connectivity index (χ1v) is 3.56. The van der Waals surface area contributed by atoms with E-state index in [0.29, 0.717) is 6.42 Å². The first-order chi connectivity index (χ1) is 5.12. The summed E-state index contributed by atoms with van der Waals surface area (Å²) < 4.78 is 4.85. The highest BCUT2D eigenvalue weighted by Gasteiger charge is 2.48. The van der Waals surface area contributed by atoms with Gasteiger partial charge in [-0.25, -0.2) is 0 Å². The summed E-state index contributed by atoms with van der Waals surface area (Å²) in [7, 11) is 0. The smallest absolute Gasteiger partial charge is 0.316 e. The largest absolute Gasteiger partial charge is 0.453 e. The summed E-state index contributed by atoms with van der Waals surface area (Å²) in [6.45, 7) is 1.79. The van der Waals surface area contributed by atoms with E-state index in [-0.39, 0.29) is 11.8 Å². The van der Waals surface area contributed by atoms with Crippen LogP contribution in [0.1, 0.15) is 13.3 Å². The van der Waals surface area contributed by atoms with Gasteiger partial charge < -0.3 is 4.74 Å². The molecule has 1 saturated heterocycles. The minimum Gasteiger partial charge on any atom is -0.453 e. The van der Waals surface area contributed by atoms with Gasteiger partial charge in [0.2, 0.25) is 0 Å². The highest BCUT2D eigenvalue weighted by Crippen LogP contribution is 2.38. The minimum atomic E-state index is -0.529. The number of carbonyl (C=O) groups is 2. The Labute approximate surface area is 64.0 Å². The molecule has 2 rings (SSSR count). The fourth-order valence-electron chi connectivity index (χ4n) is 1.44. The molecular formula is C8H8O3. The molecule has 2 unspecified atom stereocenters. The van der Waals surface area contributed by atoms with Crippen LogP contribution in [0.2, 0.25) is 0 Å². The molecule has 0 radical (unpaired) electrons. The van der Waals surface area contributed by atoms with Gasteiger partial charge in [0.05, 0.1) is 5.41 Å². The summed E-state index contributed by atoms with van der Waals surface area (Å²) in [5.74, 6) is -0.363. The maximum Gasteiger partial charge on any atom is 0.316 e. The third kappa shape index (κ3) is 0.737. The molecule has 1 aliphatic heterocycles. The molecule has 1 heterocycles. The molecular weight excluding hydrogens is 144 g/mol. The number of ether oxygens (including phenoxy) is 1. The summed E-state index contributed by atoms with van der Waals surface area (Å²) in [5.41, 5.74) is -0.529. The van der Waals surface area contributed by atoms with Crippen molar-refractivity contribution in [2.45, 2.75) is 19.4 Å². The average Bonchev–Trinajstić information content (AvgIpc) is 2.20. The predicted molar refractivity (Wildman–Crippen MR) is 36.8 cm³/mol. The summed E-state index contributed by atoms with van der Waals surface area (Å²) >= 11 is 0. The van der Waals surface area contributed by atoms with Crippen LogP contribution in [0.15, 0.2) is 12.2 Å². The summed E-state index contributed by atoms with van der Waals surface area (Å²) in [4.78, 5) is 22.1. The molecule has 11 heavy (non-hydrogen) atoms. The normalized spacial score (nSPS) is 41.0. The van der Waals surface area contributed by atoms with Crippen LogP contribution in [0.5, 0.6) is 0 Å². The lowest BCUT2D eigenvalue weighted by Gasteiger charge is -2.15. The van der Waals surface area contributed by atoms with E-state index in [0.717, 1.165) is 0 Å². The SMILES string of the molecule is CC12C=CC(=O)C(C1)OC2=O. The van der Waals surface area contributed by atoms with E-state index in [1.54, 1.807) is 13.0 Å². The van der Waals surface area contributed by atoms with Gasteiger partial charge in [0.25, 0.3) is 0 Å². The van der Waals surface area contributed by atoms with Gasteiger partial charge in [0, 0.05) is 6.42 Å². The zero-order valence-electron chi connectivity index (χ0n) is 6.16. The molecule has 58 valence electrons. The van der Waals surface area contributed by atoms with Gasteiger partial charge in [-0.3, -0.25) is 9.59 Å². The lowest BCUT2D eigenvalue weighted by atomic mass is 9.82. The first kappa shape index (κ1) is 6.58. The van der Waals surface area contributed by atoms with E-state index in [1.165, 1.54) is 6.08 Å². The molecule has 0 N–H and O–H groups in total. The van der Waals surface area contributed by atoms with E-state index >= 15 is 0 Å². The maximum atomic E-state index is 11.1. The molecule has 2 aliphatic rings. The molecule has 0 aromatic carbocycles. The van der Waals surface area contributed by atoms with Crippen LogP contribution >= 0.6 is 0 Å². The van der Waals surface area contributed by atoms with Crippen LogP contribution in [0, 0.1) is 5.41 Å². The Morgan fingerprint density at radius 2 is 2.36 bits per heavy atom. The van der Waals surface area contributed by atoms with Crippen molar-refractivity contribution in [3.63, 3.8) is 0 Å². The molecule has 0 spiro atoms. The van der Waals surface area contributed by atoms with Crippen LogP contribution in [0.25, 0.3) is 0 Å². The van der Waals surface area contributed by atoms with Gasteiger partial charge in [0.15, 0.2) is 11.9 Å². The van der Waals surface area contributed by atoms with Gasteiger partial charge in [-0.2, -0.15) is 0 Å². The fourth-order valence-corrected chi connectivity index (χ4v) is 1.44. The molecule has 2 atom stereocenters. The van der Waals surface area contributed by atoms with Crippen molar-refractivity contribution in [2.75, 3.05) is 0 Å². The van der Waals surface area contributed by atoms with Gasteiger partial charge >= 0.3 is 5.97 Å². The Morgan fingerprint density at radius 1 is 1.64 bits per heavy atom. The van der Waals surface area contributed by atoms with E-state index in [2.05, 4.69) is 0 Å². The van der Waals surface area contributed by atoms with Crippen LogP contribution in [0.4, 0.5) is 0 Å². The molecule has 1 fully saturated rings. The van der Waals surface area contributed by atoms with Gasteiger partial charge in [-0.1, -0.05) is 6.08 Å². The molecule has 0 saturated carbocycles. The third-order valence-electron chi connectivity index (χ3n) is 2.26. The number of rotatable bonds is 0. The van der Waals surface area contributed by atoms with Crippen LogP contribution < -0.4 is 0 Å². The number of hydrogen-bond acceptors (Lipinski definition) is 3. The molecule has 0 aromatic rings. The summed E-state index contributed by atoms with van der Waals surface area (Å²) in [6.07, 6.45) is 3.10. The lowest BCUT2D eigenvalue weighted by molar-refractivity contribution is -0.148. The van der Waals surface area contributed by atoms with Crippen LogP contribution in [-0.2, 0) is 14.3 Å². The number of ketones is 1. The summed E-state index contributed by atoms with van der Waals surface area (Å²) in [5, 5.41) is 0. The van der Waals surface area contributed by atoms with Crippen molar-refractivity contribution in [2.24, 2.45) is 5.41 Å². The van der Waals surface area contributed by atoms with Gasteiger partial charge in [-0.05, 0) is 13.0 Å². The molecule has 3 nitrogen and oxygen atoms in total. The Kier molecular flexibility index (Phi) is 1.03. The van der Waals surface area contributed by atoms with Crippen molar-refractivity contribution < 1.29 is 14.3 Å². The fraction of sp³-hybridized carbons (Fsp3) is 0.500. The third-order valence-corrected chi connectivity index (χ3v) is 2.26. The maximum absolute atomic E-state index is 11.1. The van der Waals surface area contributed by atoms with Gasteiger partial charge in [-0.15, -0.1) is 0 Å². The number of hydrogen-bond donors (Lipinski definition) is 0. The molecule has 0 amide bonds. The Bertz CT molecular complexity index is 267. The van der Waals surface area contributed by atoms with Crippen molar-refractivity contribution in [3.05, 3.63) is 12.2 Å². The van der Waals surface area contributed by atoms with Crippen LogP contribution in [-0.4, -0.2) is 17.9 Å². The number of carbonyl (C=O) groups excluding carboxylic acids is 2.